The van der Waals surface area contributed by atoms with E-state index in [0.717, 1.165) is 28.1 Å². The van der Waals surface area contributed by atoms with Crippen molar-refractivity contribution in [2.24, 2.45) is 0 Å². The van der Waals surface area contributed by atoms with Gasteiger partial charge < -0.3 is 15.4 Å². The van der Waals surface area contributed by atoms with Crippen LogP contribution in [0.1, 0.15) is 22.4 Å². The number of hydrogen-bond acceptors (Lipinski definition) is 6. The van der Waals surface area contributed by atoms with Gasteiger partial charge in [-0.05, 0) is 19.4 Å². The maximum absolute atomic E-state index is 6.11. The van der Waals surface area contributed by atoms with E-state index < -0.39 is 0 Å². The molecular formula is C20H22ClN5O. The Balaban J connectivity index is 2.00. The van der Waals surface area contributed by atoms with Crippen LogP contribution in [0.3, 0.4) is 0 Å². The van der Waals surface area contributed by atoms with E-state index in [4.69, 9.17) is 22.1 Å². The molecule has 0 spiro atoms. The summed E-state index contributed by atoms with van der Waals surface area (Å²) in [6.07, 6.45) is 1.82. The number of nitrogens with zero attached hydrogens (tertiary/aromatic N) is 4. The zero-order valence-corrected chi connectivity index (χ0v) is 16.4. The summed E-state index contributed by atoms with van der Waals surface area (Å²) in [5.41, 5.74) is 9.86. The molecule has 3 rings (SSSR count). The van der Waals surface area contributed by atoms with Crippen molar-refractivity contribution in [3.05, 3.63) is 70.1 Å². The SMILES string of the molecule is COc1c(C)cnc(CN(Cc2ccccc2)c2cc(Cl)nc(N)n2)c1C. The number of aromatic nitrogens is 3. The van der Waals surface area contributed by atoms with Gasteiger partial charge in [-0.3, -0.25) is 4.98 Å². The van der Waals surface area contributed by atoms with Gasteiger partial charge in [0.15, 0.2) is 0 Å². The molecule has 0 aliphatic carbocycles. The van der Waals surface area contributed by atoms with Crippen molar-refractivity contribution < 1.29 is 4.74 Å². The molecule has 1 aromatic carbocycles. The van der Waals surface area contributed by atoms with Crippen LogP contribution in [0.4, 0.5) is 11.8 Å². The third kappa shape index (κ3) is 4.46. The minimum Gasteiger partial charge on any atom is -0.496 e. The number of benzene rings is 1. The molecule has 0 fully saturated rings. The van der Waals surface area contributed by atoms with Crippen molar-refractivity contribution >= 4 is 23.4 Å². The average Bonchev–Trinajstić information content (AvgIpc) is 2.64. The summed E-state index contributed by atoms with van der Waals surface area (Å²) in [7, 11) is 1.67. The molecular weight excluding hydrogens is 362 g/mol. The van der Waals surface area contributed by atoms with Crippen LogP contribution in [0.15, 0.2) is 42.6 Å². The van der Waals surface area contributed by atoms with Gasteiger partial charge in [-0.2, -0.15) is 4.98 Å². The van der Waals surface area contributed by atoms with Crippen LogP contribution in [-0.4, -0.2) is 22.1 Å². The van der Waals surface area contributed by atoms with Crippen LogP contribution in [-0.2, 0) is 13.1 Å². The number of hydrogen-bond donors (Lipinski definition) is 1. The Bertz CT molecular complexity index is 913. The monoisotopic (exact) mass is 383 g/mol. The summed E-state index contributed by atoms with van der Waals surface area (Å²) in [5.74, 6) is 1.64. The van der Waals surface area contributed by atoms with E-state index in [9.17, 15) is 0 Å². The molecule has 0 atom stereocenters. The summed E-state index contributed by atoms with van der Waals surface area (Å²) >= 11 is 6.11. The van der Waals surface area contributed by atoms with E-state index >= 15 is 0 Å². The Morgan fingerprint density at radius 3 is 2.52 bits per heavy atom. The molecule has 0 bridgehead atoms. The zero-order valence-electron chi connectivity index (χ0n) is 15.6. The minimum atomic E-state index is 0.140. The first kappa shape index (κ1) is 18.9. The molecule has 0 amide bonds. The Morgan fingerprint density at radius 2 is 1.85 bits per heavy atom. The lowest BCUT2D eigenvalue weighted by Crippen LogP contribution is -2.25. The molecule has 27 heavy (non-hydrogen) atoms. The van der Waals surface area contributed by atoms with Crippen LogP contribution in [0.5, 0.6) is 5.75 Å². The van der Waals surface area contributed by atoms with E-state index in [2.05, 4.69) is 32.0 Å². The second-order valence-corrected chi connectivity index (χ2v) is 6.68. The van der Waals surface area contributed by atoms with Crippen LogP contribution >= 0.6 is 11.6 Å². The van der Waals surface area contributed by atoms with Crippen molar-refractivity contribution in [2.45, 2.75) is 26.9 Å². The van der Waals surface area contributed by atoms with Crippen LogP contribution in [0, 0.1) is 13.8 Å². The standard InChI is InChI=1S/C20H22ClN5O/c1-13-10-23-16(14(2)19(13)27-3)12-26(11-15-7-5-4-6-8-15)18-9-17(21)24-20(22)25-18/h4-10H,11-12H2,1-3H3,(H2,22,24,25). The van der Waals surface area contributed by atoms with Crippen LogP contribution in [0.25, 0.3) is 0 Å². The van der Waals surface area contributed by atoms with Gasteiger partial charge in [-0.15, -0.1) is 0 Å². The van der Waals surface area contributed by atoms with E-state index in [1.807, 2.05) is 38.2 Å². The average molecular weight is 384 g/mol. The highest BCUT2D eigenvalue weighted by atomic mass is 35.5. The van der Waals surface area contributed by atoms with E-state index in [-0.39, 0.29) is 5.95 Å². The Labute approximate surface area is 164 Å². The van der Waals surface area contributed by atoms with Gasteiger partial charge in [0, 0.05) is 29.9 Å². The van der Waals surface area contributed by atoms with E-state index in [1.54, 1.807) is 13.2 Å². The molecule has 0 aliphatic heterocycles. The van der Waals surface area contributed by atoms with Gasteiger partial charge in [0.1, 0.15) is 16.7 Å². The highest BCUT2D eigenvalue weighted by molar-refractivity contribution is 6.29. The number of nitrogen functional groups attached to an aromatic ring is 1. The summed E-state index contributed by atoms with van der Waals surface area (Å²) in [5, 5.41) is 0.307. The number of ether oxygens (including phenoxy) is 1. The molecule has 140 valence electrons. The summed E-state index contributed by atoms with van der Waals surface area (Å²) < 4.78 is 5.53. The van der Waals surface area contributed by atoms with Gasteiger partial charge in [0.05, 0.1) is 19.3 Å². The molecule has 2 heterocycles. The third-order valence-electron chi connectivity index (χ3n) is 4.33. The molecule has 0 saturated carbocycles. The first-order chi connectivity index (χ1) is 13.0. The predicted octanol–water partition coefficient (Wildman–Crippen LogP) is 3.94. The second-order valence-electron chi connectivity index (χ2n) is 6.29. The fourth-order valence-electron chi connectivity index (χ4n) is 3.02. The molecule has 0 saturated heterocycles. The molecule has 2 aromatic heterocycles. The smallest absolute Gasteiger partial charge is 0.223 e. The molecule has 0 unspecified atom stereocenters. The normalized spacial score (nSPS) is 10.7. The lowest BCUT2D eigenvalue weighted by Gasteiger charge is -2.25. The summed E-state index contributed by atoms with van der Waals surface area (Å²) in [4.78, 5) is 15.0. The van der Waals surface area contributed by atoms with Crippen molar-refractivity contribution in [3.8, 4) is 5.75 Å². The Kier molecular flexibility index (Phi) is 5.76. The molecule has 0 aliphatic rings. The quantitative estimate of drug-likeness (QED) is 0.649. The van der Waals surface area contributed by atoms with E-state index in [1.165, 1.54) is 0 Å². The van der Waals surface area contributed by atoms with Crippen molar-refractivity contribution in [2.75, 3.05) is 17.7 Å². The van der Waals surface area contributed by atoms with Gasteiger partial charge in [-0.25, -0.2) is 4.98 Å². The fourth-order valence-corrected chi connectivity index (χ4v) is 3.20. The second kappa shape index (κ2) is 8.22. The zero-order chi connectivity index (χ0) is 19.4. The molecule has 0 radical (unpaired) electrons. The van der Waals surface area contributed by atoms with Crippen molar-refractivity contribution in [1.29, 1.82) is 0 Å². The lowest BCUT2D eigenvalue weighted by atomic mass is 10.1. The van der Waals surface area contributed by atoms with Crippen molar-refractivity contribution in [1.82, 2.24) is 15.0 Å². The maximum Gasteiger partial charge on any atom is 0.223 e. The van der Waals surface area contributed by atoms with Gasteiger partial charge in [0.25, 0.3) is 0 Å². The van der Waals surface area contributed by atoms with Gasteiger partial charge >= 0.3 is 0 Å². The predicted molar refractivity (Wildman–Crippen MR) is 108 cm³/mol. The topological polar surface area (TPSA) is 77.2 Å². The number of methoxy groups -OCH3 is 1. The van der Waals surface area contributed by atoms with Gasteiger partial charge in [0.2, 0.25) is 5.95 Å². The molecule has 7 heteroatoms. The summed E-state index contributed by atoms with van der Waals surface area (Å²) in [6.45, 7) is 5.15. The summed E-state index contributed by atoms with van der Waals surface area (Å²) in [6, 6.07) is 11.8. The number of halogens is 1. The highest BCUT2D eigenvalue weighted by Crippen LogP contribution is 2.27. The highest BCUT2D eigenvalue weighted by Gasteiger charge is 2.16. The van der Waals surface area contributed by atoms with Gasteiger partial charge in [-0.1, -0.05) is 41.9 Å². The van der Waals surface area contributed by atoms with Crippen LogP contribution in [0.2, 0.25) is 5.15 Å². The Morgan fingerprint density at radius 1 is 1.11 bits per heavy atom. The minimum absolute atomic E-state index is 0.140. The first-order valence-electron chi connectivity index (χ1n) is 8.56. The van der Waals surface area contributed by atoms with E-state index in [0.29, 0.717) is 24.1 Å². The molecule has 2 N–H and O–H groups in total. The maximum atomic E-state index is 6.11. The van der Waals surface area contributed by atoms with Crippen LogP contribution < -0.4 is 15.4 Å². The number of pyridine rings is 1. The molecule has 6 nitrogen and oxygen atoms in total. The third-order valence-corrected chi connectivity index (χ3v) is 4.52. The van der Waals surface area contributed by atoms with Crippen molar-refractivity contribution in [3.63, 3.8) is 0 Å². The molecule has 3 aromatic rings. The Hall–Kier alpha value is -2.86. The number of nitrogens with two attached hydrogens (primary N) is 1. The number of rotatable bonds is 6. The lowest BCUT2D eigenvalue weighted by molar-refractivity contribution is 0.406. The largest absolute Gasteiger partial charge is 0.496 e. The first-order valence-corrected chi connectivity index (χ1v) is 8.93. The number of anilines is 2. The number of aryl methyl sites for hydroxylation is 1. The fraction of sp³-hybridized carbons (Fsp3) is 0.250.